The smallest absolute Gasteiger partial charge is 0.0962 e. The lowest BCUT2D eigenvalue weighted by atomic mass is 9.87. The molecule has 0 bridgehead atoms. The predicted molar refractivity (Wildman–Crippen MR) is 107 cm³/mol. The maximum Gasteiger partial charge on any atom is 0.0962 e. The van der Waals surface area contributed by atoms with E-state index in [1.54, 1.807) is 0 Å². The van der Waals surface area contributed by atoms with Gasteiger partial charge in [0.15, 0.2) is 0 Å². The highest BCUT2D eigenvalue weighted by Gasteiger charge is 2.36. The van der Waals surface area contributed by atoms with Gasteiger partial charge in [-0.25, -0.2) is 0 Å². The van der Waals surface area contributed by atoms with E-state index in [1.165, 1.54) is 22.3 Å². The van der Waals surface area contributed by atoms with E-state index in [4.69, 9.17) is 4.74 Å². The van der Waals surface area contributed by atoms with Crippen LogP contribution in [0.15, 0.2) is 96.2 Å². The van der Waals surface area contributed by atoms with Crippen LogP contribution in [0.5, 0.6) is 0 Å². The van der Waals surface area contributed by atoms with Crippen molar-refractivity contribution in [3.05, 3.63) is 102 Å². The molecule has 1 saturated heterocycles. The van der Waals surface area contributed by atoms with Gasteiger partial charge in [-0.3, -0.25) is 5.32 Å². The molecule has 4 aliphatic rings. The number of rotatable bonds is 2. The topological polar surface area (TPSA) is 21.3 Å². The Hall–Kier alpha value is -2.42. The molecule has 1 aromatic carbocycles. The summed E-state index contributed by atoms with van der Waals surface area (Å²) in [5.41, 5.74) is 5.21. The first-order valence-corrected chi connectivity index (χ1v) is 9.50. The summed E-state index contributed by atoms with van der Waals surface area (Å²) in [6.07, 6.45) is 22.5. The van der Waals surface area contributed by atoms with Crippen molar-refractivity contribution in [1.82, 2.24) is 5.32 Å². The van der Waals surface area contributed by atoms with Crippen LogP contribution >= 0.6 is 0 Å². The van der Waals surface area contributed by atoms with Crippen LogP contribution in [-0.4, -0.2) is 24.3 Å². The lowest BCUT2D eigenvalue weighted by molar-refractivity contribution is -0.0213. The Morgan fingerprint density at radius 2 is 1.62 bits per heavy atom. The van der Waals surface area contributed by atoms with E-state index in [-0.39, 0.29) is 24.3 Å². The molecule has 5 rings (SSSR count). The maximum absolute atomic E-state index is 6.50. The molecule has 0 amide bonds. The second-order valence-electron chi connectivity index (χ2n) is 7.27. The van der Waals surface area contributed by atoms with Crippen LogP contribution in [-0.2, 0) is 4.74 Å². The Bertz CT molecular complexity index is 869. The molecule has 4 atom stereocenters. The second-order valence-corrected chi connectivity index (χ2v) is 7.27. The molecule has 1 aliphatic heterocycles. The Kier molecular flexibility index (Phi) is 4.08. The van der Waals surface area contributed by atoms with Gasteiger partial charge in [0, 0.05) is 0 Å². The Morgan fingerprint density at radius 3 is 2.35 bits per heavy atom. The molecular weight excluding hydrogens is 318 g/mol. The van der Waals surface area contributed by atoms with Crippen LogP contribution in [0.4, 0.5) is 0 Å². The molecule has 1 N–H and O–H groups in total. The highest BCUT2D eigenvalue weighted by molar-refractivity contribution is 5.75. The molecule has 2 nitrogen and oxygen atoms in total. The van der Waals surface area contributed by atoms with Gasteiger partial charge in [0.1, 0.15) is 0 Å². The van der Waals surface area contributed by atoms with E-state index >= 15 is 0 Å². The second kappa shape index (κ2) is 6.71. The van der Waals surface area contributed by atoms with Crippen molar-refractivity contribution in [3.8, 4) is 0 Å². The summed E-state index contributed by atoms with van der Waals surface area (Å²) in [5, 5.41) is 3.73. The number of hydrogen-bond acceptors (Lipinski definition) is 2. The Morgan fingerprint density at radius 1 is 0.885 bits per heavy atom. The van der Waals surface area contributed by atoms with Crippen LogP contribution in [0.3, 0.4) is 0 Å². The first-order valence-electron chi connectivity index (χ1n) is 9.50. The summed E-state index contributed by atoms with van der Waals surface area (Å²) in [5.74, 6) is 0. The van der Waals surface area contributed by atoms with E-state index in [0.29, 0.717) is 0 Å². The van der Waals surface area contributed by atoms with Gasteiger partial charge in [0.05, 0.1) is 24.3 Å². The van der Waals surface area contributed by atoms with Crippen molar-refractivity contribution in [2.24, 2.45) is 0 Å². The molecule has 130 valence electrons. The fourth-order valence-electron chi connectivity index (χ4n) is 4.14. The fraction of sp³-hybridized carbons (Fsp3) is 0.250. The average molecular weight is 341 g/mol. The zero-order chi connectivity index (χ0) is 17.3. The summed E-state index contributed by atoms with van der Waals surface area (Å²) in [6.45, 7) is 0. The minimum atomic E-state index is 0.0701. The van der Waals surface area contributed by atoms with Gasteiger partial charge < -0.3 is 4.74 Å². The Labute approximate surface area is 155 Å². The summed E-state index contributed by atoms with van der Waals surface area (Å²) in [6, 6.07) is 11.0. The van der Waals surface area contributed by atoms with Gasteiger partial charge in [-0.05, 0) is 47.3 Å². The number of ether oxygens (including phenoxy) is 1. The third kappa shape index (κ3) is 2.96. The summed E-state index contributed by atoms with van der Waals surface area (Å²) in [4.78, 5) is 0. The number of fused-ring (bicyclic) bond motifs is 2. The van der Waals surface area contributed by atoms with Crippen LogP contribution in [0.1, 0.15) is 18.4 Å². The van der Waals surface area contributed by atoms with Crippen molar-refractivity contribution in [2.75, 3.05) is 0 Å². The van der Waals surface area contributed by atoms with Crippen molar-refractivity contribution in [3.63, 3.8) is 0 Å². The van der Waals surface area contributed by atoms with E-state index in [2.05, 4.69) is 90.3 Å². The molecule has 4 unspecified atom stereocenters. The number of hydrogen-bond donors (Lipinski definition) is 1. The van der Waals surface area contributed by atoms with E-state index < -0.39 is 0 Å². The van der Waals surface area contributed by atoms with Crippen LogP contribution in [0, 0.1) is 0 Å². The van der Waals surface area contributed by atoms with Crippen molar-refractivity contribution >= 4 is 5.57 Å². The molecule has 26 heavy (non-hydrogen) atoms. The van der Waals surface area contributed by atoms with Gasteiger partial charge in [-0.2, -0.15) is 0 Å². The van der Waals surface area contributed by atoms with Crippen molar-refractivity contribution in [2.45, 2.75) is 37.1 Å². The SMILES string of the molecule is C1=CCCC(C2=CC3OC4C=C(c5ccccc5)C=CC4NC3C=C2)=C1. The fourth-order valence-corrected chi connectivity index (χ4v) is 4.14. The third-order valence-electron chi connectivity index (χ3n) is 5.55. The zero-order valence-electron chi connectivity index (χ0n) is 14.7. The Balaban J connectivity index is 1.39. The predicted octanol–water partition coefficient (Wildman–Crippen LogP) is 4.51. The highest BCUT2D eigenvalue weighted by Crippen LogP contribution is 2.32. The molecule has 0 spiro atoms. The van der Waals surface area contributed by atoms with Gasteiger partial charge in [0.2, 0.25) is 0 Å². The summed E-state index contributed by atoms with van der Waals surface area (Å²) < 4.78 is 6.50. The molecule has 2 heteroatoms. The lowest BCUT2D eigenvalue weighted by Crippen LogP contribution is -2.57. The van der Waals surface area contributed by atoms with Crippen molar-refractivity contribution < 1.29 is 4.74 Å². The monoisotopic (exact) mass is 341 g/mol. The quantitative estimate of drug-likeness (QED) is 0.855. The number of benzene rings is 1. The molecule has 1 aromatic rings. The van der Waals surface area contributed by atoms with E-state index in [9.17, 15) is 0 Å². The lowest BCUT2D eigenvalue weighted by Gasteiger charge is -2.41. The van der Waals surface area contributed by atoms with Gasteiger partial charge in [0.25, 0.3) is 0 Å². The number of morpholine rings is 1. The minimum absolute atomic E-state index is 0.0701. The van der Waals surface area contributed by atoms with Gasteiger partial charge >= 0.3 is 0 Å². The largest absolute Gasteiger partial charge is 0.363 e. The summed E-state index contributed by atoms with van der Waals surface area (Å²) >= 11 is 0. The number of allylic oxidation sites excluding steroid dienone is 8. The minimum Gasteiger partial charge on any atom is -0.363 e. The molecule has 0 radical (unpaired) electrons. The molecular formula is C24H23NO. The van der Waals surface area contributed by atoms with Gasteiger partial charge in [-0.1, -0.05) is 72.9 Å². The first kappa shape index (κ1) is 15.8. The number of nitrogens with one attached hydrogen (secondary N) is 1. The third-order valence-corrected chi connectivity index (χ3v) is 5.55. The first-order chi connectivity index (χ1) is 12.9. The standard InChI is InChI=1S/C24H23NO/c1-3-7-17(8-4-1)19-11-13-21-23(15-19)26-24-16-20(12-14-22(24)25-21)18-9-5-2-6-10-18/h1-5,7-9,11-16,21-25H,6,10H2. The normalized spacial score (nSPS) is 32.2. The molecule has 0 aromatic heterocycles. The zero-order valence-corrected chi connectivity index (χ0v) is 14.7. The van der Waals surface area contributed by atoms with Crippen LogP contribution in [0.2, 0.25) is 0 Å². The molecule has 3 aliphatic carbocycles. The molecule has 1 heterocycles. The van der Waals surface area contributed by atoms with Crippen LogP contribution < -0.4 is 5.32 Å². The summed E-state index contributed by atoms with van der Waals surface area (Å²) in [7, 11) is 0. The van der Waals surface area contributed by atoms with Crippen molar-refractivity contribution in [1.29, 1.82) is 0 Å². The molecule has 0 saturated carbocycles. The average Bonchev–Trinajstić information content (AvgIpc) is 2.73. The van der Waals surface area contributed by atoms with Crippen LogP contribution in [0.25, 0.3) is 5.57 Å². The van der Waals surface area contributed by atoms with E-state index in [0.717, 1.165) is 12.8 Å². The van der Waals surface area contributed by atoms with E-state index in [1.807, 2.05) is 0 Å². The highest BCUT2D eigenvalue weighted by atomic mass is 16.5. The van der Waals surface area contributed by atoms with Gasteiger partial charge in [-0.15, -0.1) is 0 Å². The maximum atomic E-state index is 6.50. The molecule has 1 fully saturated rings.